The highest BCUT2D eigenvalue weighted by Crippen LogP contribution is 2.15. The van der Waals surface area contributed by atoms with E-state index in [9.17, 15) is 14.7 Å². The third-order valence-corrected chi connectivity index (χ3v) is 4.87. The van der Waals surface area contributed by atoms with Gasteiger partial charge in [-0.25, -0.2) is 4.79 Å². The van der Waals surface area contributed by atoms with Gasteiger partial charge in [0.2, 0.25) is 5.91 Å². The van der Waals surface area contributed by atoms with Gasteiger partial charge in [0.05, 0.1) is 13.2 Å². The molecule has 2 rings (SSSR count). The van der Waals surface area contributed by atoms with E-state index in [0.717, 1.165) is 24.0 Å². The molecule has 30 heavy (non-hydrogen) atoms. The van der Waals surface area contributed by atoms with Gasteiger partial charge in [-0.3, -0.25) is 9.69 Å². The maximum Gasteiger partial charge on any atom is 0.410 e. The molecule has 0 aromatic heterocycles. The van der Waals surface area contributed by atoms with E-state index < -0.39 is 12.1 Å². The van der Waals surface area contributed by atoms with Gasteiger partial charge >= 0.3 is 6.09 Å². The van der Waals surface area contributed by atoms with E-state index in [0.29, 0.717) is 19.6 Å². The van der Waals surface area contributed by atoms with Crippen LogP contribution in [0.15, 0.2) is 60.7 Å². The largest absolute Gasteiger partial charge is 0.449 e. The lowest BCUT2D eigenvalue weighted by Crippen LogP contribution is -2.52. The van der Waals surface area contributed by atoms with Gasteiger partial charge in [0.1, 0.15) is 6.04 Å². The normalized spacial score (nSPS) is 11.6. The van der Waals surface area contributed by atoms with Gasteiger partial charge in [-0.05, 0) is 17.5 Å². The molecule has 2 aromatic carbocycles. The number of benzene rings is 2. The molecule has 2 aromatic rings. The van der Waals surface area contributed by atoms with E-state index in [1.165, 1.54) is 4.90 Å². The van der Waals surface area contributed by atoms with E-state index in [1.54, 1.807) is 11.9 Å². The molecule has 0 aliphatic rings. The molecule has 1 N–H and O–H groups in total. The van der Waals surface area contributed by atoms with Gasteiger partial charge in [-0.1, -0.05) is 74.0 Å². The summed E-state index contributed by atoms with van der Waals surface area (Å²) in [6.07, 6.45) is 1.44. The first-order chi connectivity index (χ1) is 14.6. The lowest BCUT2D eigenvalue weighted by atomic mass is 10.0. The van der Waals surface area contributed by atoms with Crippen LogP contribution in [0.1, 0.15) is 30.9 Å². The Morgan fingerprint density at radius 3 is 2.17 bits per heavy atom. The fourth-order valence-corrected chi connectivity index (χ4v) is 3.23. The maximum absolute atomic E-state index is 13.4. The summed E-state index contributed by atoms with van der Waals surface area (Å²) in [5.74, 6) is -0.191. The number of unbranched alkanes of at least 4 members (excludes halogenated alkanes) is 1. The lowest BCUT2D eigenvalue weighted by Gasteiger charge is -2.32. The van der Waals surface area contributed by atoms with Gasteiger partial charge in [-0.2, -0.15) is 0 Å². The number of nitrogens with zero attached hydrogens (tertiary/aromatic N) is 2. The molecule has 1 unspecified atom stereocenters. The Kier molecular flexibility index (Phi) is 9.87. The van der Waals surface area contributed by atoms with Gasteiger partial charge in [-0.15, -0.1) is 0 Å². The number of aliphatic hydroxyl groups excluding tert-OH is 1. The second-order valence-corrected chi connectivity index (χ2v) is 7.27. The summed E-state index contributed by atoms with van der Waals surface area (Å²) in [7, 11) is 1.73. The predicted octanol–water partition coefficient (Wildman–Crippen LogP) is 3.49. The Bertz CT molecular complexity index is 767. The molecule has 2 amide bonds. The van der Waals surface area contributed by atoms with E-state index in [-0.39, 0.29) is 19.1 Å². The Morgan fingerprint density at radius 2 is 1.60 bits per heavy atom. The first-order valence-corrected chi connectivity index (χ1v) is 10.4. The van der Waals surface area contributed by atoms with Crippen molar-refractivity contribution in [3.8, 4) is 0 Å². The summed E-state index contributed by atoms with van der Waals surface area (Å²) in [6, 6.07) is 18.5. The van der Waals surface area contributed by atoms with E-state index in [2.05, 4.69) is 0 Å². The second-order valence-electron chi connectivity index (χ2n) is 7.27. The highest BCUT2D eigenvalue weighted by Gasteiger charge is 2.32. The average molecular weight is 413 g/mol. The fourth-order valence-electron chi connectivity index (χ4n) is 3.23. The molecule has 0 saturated heterocycles. The topological polar surface area (TPSA) is 70.1 Å². The van der Waals surface area contributed by atoms with Crippen molar-refractivity contribution < 1.29 is 19.4 Å². The van der Waals surface area contributed by atoms with Crippen LogP contribution in [-0.2, 0) is 22.5 Å². The maximum atomic E-state index is 13.4. The van der Waals surface area contributed by atoms with E-state index >= 15 is 0 Å². The van der Waals surface area contributed by atoms with Gasteiger partial charge in [0, 0.05) is 26.6 Å². The third kappa shape index (κ3) is 7.19. The quantitative estimate of drug-likeness (QED) is 0.574. The van der Waals surface area contributed by atoms with E-state index in [1.807, 2.05) is 67.6 Å². The summed E-state index contributed by atoms with van der Waals surface area (Å²) < 4.78 is 5.37. The van der Waals surface area contributed by atoms with Crippen molar-refractivity contribution in [1.29, 1.82) is 0 Å². The minimum atomic E-state index is -0.762. The Labute approximate surface area is 179 Å². The highest BCUT2D eigenvalue weighted by molar-refractivity contribution is 5.86. The average Bonchev–Trinajstić information content (AvgIpc) is 2.77. The van der Waals surface area contributed by atoms with Crippen LogP contribution < -0.4 is 0 Å². The summed E-state index contributed by atoms with van der Waals surface area (Å²) in [5, 5.41) is 9.55. The zero-order chi connectivity index (χ0) is 21.8. The number of hydrogen-bond acceptors (Lipinski definition) is 4. The molecule has 1 atom stereocenters. The number of rotatable bonds is 11. The van der Waals surface area contributed by atoms with Crippen molar-refractivity contribution in [2.75, 3.05) is 26.8 Å². The number of aliphatic hydroxyl groups is 1. The monoisotopic (exact) mass is 412 g/mol. The fraction of sp³-hybridized carbons (Fsp3) is 0.417. The van der Waals surface area contributed by atoms with Crippen LogP contribution in [0.3, 0.4) is 0 Å². The van der Waals surface area contributed by atoms with Crippen molar-refractivity contribution in [3.63, 3.8) is 0 Å². The summed E-state index contributed by atoms with van der Waals surface area (Å²) in [6.45, 7) is 2.53. The Hall–Kier alpha value is -2.86. The van der Waals surface area contributed by atoms with Crippen LogP contribution in [0.5, 0.6) is 0 Å². The number of carbonyl (C=O) groups excluding carboxylic acids is 2. The highest BCUT2D eigenvalue weighted by atomic mass is 16.6. The molecular weight excluding hydrogens is 380 g/mol. The van der Waals surface area contributed by atoms with Crippen molar-refractivity contribution in [2.24, 2.45) is 0 Å². The molecule has 0 radical (unpaired) electrons. The first kappa shape index (κ1) is 23.4. The predicted molar refractivity (Wildman–Crippen MR) is 117 cm³/mol. The molecule has 162 valence electrons. The summed E-state index contributed by atoms with van der Waals surface area (Å²) in [5.41, 5.74) is 1.94. The number of carbonyl (C=O) groups is 2. The van der Waals surface area contributed by atoms with Crippen molar-refractivity contribution in [3.05, 3.63) is 71.8 Å². The van der Waals surface area contributed by atoms with Crippen molar-refractivity contribution >= 4 is 12.0 Å². The lowest BCUT2D eigenvalue weighted by molar-refractivity contribution is -0.136. The van der Waals surface area contributed by atoms with Crippen LogP contribution in [0, 0.1) is 0 Å². The first-order valence-electron chi connectivity index (χ1n) is 10.4. The summed E-state index contributed by atoms with van der Waals surface area (Å²) in [4.78, 5) is 29.1. The second kappa shape index (κ2) is 12.6. The molecule has 6 heteroatoms. The molecule has 0 aliphatic carbocycles. The van der Waals surface area contributed by atoms with Crippen LogP contribution in [0.25, 0.3) is 0 Å². The minimum Gasteiger partial charge on any atom is -0.449 e. The molecule has 0 aliphatic heterocycles. The summed E-state index contributed by atoms with van der Waals surface area (Å²) >= 11 is 0. The zero-order valence-electron chi connectivity index (χ0n) is 17.9. The van der Waals surface area contributed by atoms with Crippen LogP contribution >= 0.6 is 0 Å². The van der Waals surface area contributed by atoms with Gasteiger partial charge < -0.3 is 14.7 Å². The number of hydrogen-bond donors (Lipinski definition) is 1. The molecule has 0 saturated carbocycles. The molecule has 0 bridgehead atoms. The Morgan fingerprint density at radius 1 is 1.00 bits per heavy atom. The molecule has 0 fully saturated rings. The van der Waals surface area contributed by atoms with E-state index in [4.69, 9.17) is 4.74 Å². The standard InChI is InChI=1S/C24H32N2O4/c1-3-4-17-30-24(29)26(15-16-27)22(18-20-11-7-5-8-12-20)23(28)25(2)19-21-13-9-6-10-14-21/h5-14,22,27H,3-4,15-19H2,1-2H3. The minimum absolute atomic E-state index is 0.0351. The zero-order valence-corrected chi connectivity index (χ0v) is 17.9. The Balaban J connectivity index is 2.24. The smallest absolute Gasteiger partial charge is 0.410 e. The van der Waals surface area contributed by atoms with Crippen LogP contribution in [0.4, 0.5) is 4.79 Å². The van der Waals surface area contributed by atoms with Crippen LogP contribution in [-0.4, -0.2) is 59.8 Å². The molecular formula is C24H32N2O4. The van der Waals surface area contributed by atoms with Crippen LogP contribution in [0.2, 0.25) is 0 Å². The number of amides is 2. The number of likely N-dealkylation sites (N-methyl/N-ethyl adjacent to an activating group) is 1. The van der Waals surface area contributed by atoms with Gasteiger partial charge in [0.25, 0.3) is 0 Å². The molecule has 0 heterocycles. The SMILES string of the molecule is CCCCOC(=O)N(CCO)C(Cc1ccccc1)C(=O)N(C)Cc1ccccc1. The third-order valence-electron chi connectivity index (χ3n) is 4.87. The molecule has 0 spiro atoms. The van der Waals surface area contributed by atoms with Gasteiger partial charge in [0.15, 0.2) is 0 Å². The number of ether oxygens (including phenoxy) is 1. The molecule has 6 nitrogen and oxygen atoms in total. The van der Waals surface area contributed by atoms with Crippen molar-refractivity contribution in [2.45, 2.75) is 38.8 Å². The van der Waals surface area contributed by atoms with Crippen molar-refractivity contribution in [1.82, 2.24) is 9.80 Å².